The molecule has 0 saturated carbocycles. The zero-order chi connectivity index (χ0) is 14.5. The molecule has 0 unspecified atom stereocenters. The van der Waals surface area contributed by atoms with Gasteiger partial charge in [0.05, 0.1) is 11.6 Å². The number of ketones is 1. The summed E-state index contributed by atoms with van der Waals surface area (Å²) in [4.78, 5) is 12.3. The quantitative estimate of drug-likeness (QED) is 0.759. The van der Waals surface area contributed by atoms with Gasteiger partial charge in [0, 0.05) is 11.1 Å². The molecule has 0 aliphatic carbocycles. The van der Waals surface area contributed by atoms with E-state index in [0.717, 1.165) is 12.5 Å². The van der Waals surface area contributed by atoms with Gasteiger partial charge >= 0.3 is 0 Å². The molecule has 0 aliphatic rings. The molecule has 2 nitrogen and oxygen atoms in total. The SMILES string of the molecule is CCCOc1cccc(C(=O)c2cc(F)ccc2Cl)c1. The normalized spacial score (nSPS) is 10.3. The average Bonchev–Trinajstić information content (AvgIpc) is 2.47. The molecule has 104 valence electrons. The summed E-state index contributed by atoms with van der Waals surface area (Å²) < 4.78 is 18.7. The van der Waals surface area contributed by atoms with E-state index in [0.29, 0.717) is 17.9 Å². The first-order chi connectivity index (χ1) is 9.61. The maximum absolute atomic E-state index is 13.2. The standard InChI is InChI=1S/C16H14ClFO2/c1-2-8-20-13-5-3-4-11(9-13)16(19)14-10-12(18)6-7-15(14)17/h3-7,9-10H,2,8H2,1H3. The van der Waals surface area contributed by atoms with Gasteiger partial charge in [-0.1, -0.05) is 30.7 Å². The summed E-state index contributed by atoms with van der Waals surface area (Å²) in [5.41, 5.74) is 0.574. The zero-order valence-corrected chi connectivity index (χ0v) is 11.8. The number of benzene rings is 2. The first-order valence-electron chi connectivity index (χ1n) is 6.34. The summed E-state index contributed by atoms with van der Waals surface area (Å²) in [7, 11) is 0. The van der Waals surface area contributed by atoms with Crippen LogP contribution in [0.5, 0.6) is 5.75 Å². The van der Waals surface area contributed by atoms with Crippen molar-refractivity contribution in [2.45, 2.75) is 13.3 Å². The van der Waals surface area contributed by atoms with Crippen LogP contribution in [0.25, 0.3) is 0 Å². The first kappa shape index (κ1) is 14.5. The van der Waals surface area contributed by atoms with E-state index < -0.39 is 5.82 Å². The molecular formula is C16H14ClFO2. The molecule has 0 heterocycles. The Morgan fingerprint density at radius 3 is 2.80 bits per heavy atom. The third-order valence-electron chi connectivity index (χ3n) is 2.74. The van der Waals surface area contributed by atoms with Crippen LogP contribution in [-0.4, -0.2) is 12.4 Å². The smallest absolute Gasteiger partial charge is 0.194 e. The van der Waals surface area contributed by atoms with Crippen molar-refractivity contribution in [3.8, 4) is 5.75 Å². The van der Waals surface area contributed by atoms with E-state index in [2.05, 4.69) is 0 Å². The molecule has 2 aromatic rings. The van der Waals surface area contributed by atoms with Crippen LogP contribution >= 0.6 is 11.6 Å². The predicted molar refractivity (Wildman–Crippen MR) is 77.1 cm³/mol. The van der Waals surface area contributed by atoms with Crippen LogP contribution in [0.2, 0.25) is 5.02 Å². The van der Waals surface area contributed by atoms with Crippen LogP contribution in [0.3, 0.4) is 0 Å². The second-order valence-corrected chi connectivity index (χ2v) is 4.74. The third-order valence-corrected chi connectivity index (χ3v) is 3.07. The topological polar surface area (TPSA) is 26.3 Å². The molecule has 0 fully saturated rings. The fourth-order valence-corrected chi connectivity index (χ4v) is 1.98. The number of carbonyl (C=O) groups excluding carboxylic acids is 1. The summed E-state index contributed by atoms with van der Waals surface area (Å²) >= 11 is 5.95. The summed E-state index contributed by atoms with van der Waals surface area (Å²) in [6, 6.07) is 10.5. The number of ether oxygens (including phenoxy) is 1. The number of hydrogen-bond donors (Lipinski definition) is 0. The van der Waals surface area contributed by atoms with Gasteiger partial charge in [-0.25, -0.2) is 4.39 Å². The Morgan fingerprint density at radius 1 is 1.25 bits per heavy atom. The van der Waals surface area contributed by atoms with E-state index >= 15 is 0 Å². The Kier molecular flexibility index (Phi) is 4.74. The van der Waals surface area contributed by atoms with Crippen LogP contribution < -0.4 is 4.74 Å². The molecule has 0 atom stereocenters. The minimum atomic E-state index is -0.490. The van der Waals surface area contributed by atoms with E-state index in [-0.39, 0.29) is 16.4 Å². The highest BCUT2D eigenvalue weighted by atomic mass is 35.5. The molecule has 0 spiro atoms. The largest absolute Gasteiger partial charge is 0.494 e. The fourth-order valence-electron chi connectivity index (χ4n) is 1.77. The van der Waals surface area contributed by atoms with Gasteiger partial charge in [0.25, 0.3) is 0 Å². The molecule has 2 rings (SSSR count). The highest BCUT2D eigenvalue weighted by Gasteiger charge is 2.14. The zero-order valence-electron chi connectivity index (χ0n) is 11.0. The van der Waals surface area contributed by atoms with Crippen molar-refractivity contribution in [1.82, 2.24) is 0 Å². The molecule has 0 aromatic heterocycles. The molecule has 0 amide bonds. The molecule has 0 bridgehead atoms. The van der Waals surface area contributed by atoms with Crippen LogP contribution in [0.15, 0.2) is 42.5 Å². The molecule has 0 N–H and O–H groups in total. The summed E-state index contributed by atoms with van der Waals surface area (Å²) in [5.74, 6) is -0.196. The third kappa shape index (κ3) is 3.36. The van der Waals surface area contributed by atoms with Crippen molar-refractivity contribution in [2.24, 2.45) is 0 Å². The summed E-state index contributed by atoms with van der Waals surface area (Å²) in [6.07, 6.45) is 0.883. The van der Waals surface area contributed by atoms with Crippen LogP contribution in [-0.2, 0) is 0 Å². The van der Waals surface area contributed by atoms with Crippen molar-refractivity contribution in [3.63, 3.8) is 0 Å². The highest BCUT2D eigenvalue weighted by molar-refractivity contribution is 6.35. The fraction of sp³-hybridized carbons (Fsp3) is 0.188. The van der Waals surface area contributed by atoms with Crippen molar-refractivity contribution >= 4 is 17.4 Å². The number of halogens is 2. The monoisotopic (exact) mass is 292 g/mol. The van der Waals surface area contributed by atoms with Gasteiger partial charge in [-0.15, -0.1) is 0 Å². The Bertz CT molecular complexity index is 626. The molecule has 2 aromatic carbocycles. The lowest BCUT2D eigenvalue weighted by molar-refractivity contribution is 0.103. The maximum Gasteiger partial charge on any atom is 0.194 e. The van der Waals surface area contributed by atoms with Gasteiger partial charge in [-0.2, -0.15) is 0 Å². The maximum atomic E-state index is 13.2. The Balaban J connectivity index is 2.31. The predicted octanol–water partition coefficient (Wildman–Crippen LogP) is 4.50. The van der Waals surface area contributed by atoms with Crippen molar-refractivity contribution in [2.75, 3.05) is 6.61 Å². The molecular weight excluding hydrogens is 279 g/mol. The lowest BCUT2D eigenvalue weighted by atomic mass is 10.0. The number of rotatable bonds is 5. The van der Waals surface area contributed by atoms with Crippen molar-refractivity contribution < 1.29 is 13.9 Å². The lowest BCUT2D eigenvalue weighted by Gasteiger charge is -2.07. The van der Waals surface area contributed by atoms with E-state index in [1.165, 1.54) is 12.1 Å². The minimum Gasteiger partial charge on any atom is -0.494 e. The summed E-state index contributed by atoms with van der Waals surface area (Å²) in [5, 5.41) is 0.233. The first-order valence-corrected chi connectivity index (χ1v) is 6.72. The van der Waals surface area contributed by atoms with E-state index in [1.807, 2.05) is 6.92 Å². The molecule has 0 saturated heterocycles. The van der Waals surface area contributed by atoms with Gasteiger partial charge in [0.15, 0.2) is 5.78 Å². The van der Waals surface area contributed by atoms with Gasteiger partial charge in [0.1, 0.15) is 11.6 Å². The van der Waals surface area contributed by atoms with Crippen molar-refractivity contribution in [3.05, 3.63) is 64.4 Å². The van der Waals surface area contributed by atoms with Gasteiger partial charge in [-0.05, 0) is 36.8 Å². The Morgan fingerprint density at radius 2 is 2.05 bits per heavy atom. The van der Waals surface area contributed by atoms with E-state index in [4.69, 9.17) is 16.3 Å². The second kappa shape index (κ2) is 6.53. The Labute approximate surface area is 122 Å². The minimum absolute atomic E-state index is 0.152. The molecule has 4 heteroatoms. The second-order valence-electron chi connectivity index (χ2n) is 4.33. The molecule has 0 aliphatic heterocycles. The van der Waals surface area contributed by atoms with Crippen molar-refractivity contribution in [1.29, 1.82) is 0 Å². The van der Waals surface area contributed by atoms with Gasteiger partial charge in [-0.3, -0.25) is 4.79 Å². The van der Waals surface area contributed by atoms with Crippen LogP contribution in [0.1, 0.15) is 29.3 Å². The molecule has 20 heavy (non-hydrogen) atoms. The summed E-state index contributed by atoms with van der Waals surface area (Å²) in [6.45, 7) is 2.58. The molecule has 0 radical (unpaired) electrons. The highest BCUT2D eigenvalue weighted by Crippen LogP contribution is 2.22. The Hall–Kier alpha value is -1.87. The van der Waals surface area contributed by atoms with E-state index in [1.54, 1.807) is 24.3 Å². The number of carbonyl (C=O) groups is 1. The number of hydrogen-bond acceptors (Lipinski definition) is 2. The van der Waals surface area contributed by atoms with Crippen LogP contribution in [0, 0.1) is 5.82 Å². The average molecular weight is 293 g/mol. The van der Waals surface area contributed by atoms with Gasteiger partial charge < -0.3 is 4.74 Å². The lowest BCUT2D eigenvalue weighted by Crippen LogP contribution is -2.04. The van der Waals surface area contributed by atoms with E-state index in [9.17, 15) is 9.18 Å². The van der Waals surface area contributed by atoms with Crippen LogP contribution in [0.4, 0.5) is 4.39 Å². The van der Waals surface area contributed by atoms with Gasteiger partial charge in [0.2, 0.25) is 0 Å².